The molecule has 1 heterocycles. The van der Waals surface area contributed by atoms with Gasteiger partial charge < -0.3 is 5.32 Å². The summed E-state index contributed by atoms with van der Waals surface area (Å²) in [5, 5.41) is 7.16. The van der Waals surface area contributed by atoms with Crippen molar-refractivity contribution in [1.82, 2.24) is 9.36 Å². The van der Waals surface area contributed by atoms with Crippen molar-refractivity contribution in [1.29, 1.82) is 0 Å². The molecule has 128 valence electrons. The topological polar surface area (TPSA) is 66.9 Å². The molecule has 5 nitrogen and oxygen atoms in total. The fraction of sp³-hybridized carbons (Fsp3) is 0.0625. The standard InChI is InChI=1S/C16H12Cl2N4OS2/c17-12-7-6-11(8-13(12)18)19-14(23)20-15-21-16(22-25-15)24-9-10-4-2-1-3-5-10/h1-8H,9H2,(H2,19,20,21,22,23). The van der Waals surface area contributed by atoms with Gasteiger partial charge in [0.05, 0.1) is 10.0 Å². The molecule has 2 N–H and O–H groups in total. The van der Waals surface area contributed by atoms with Crippen molar-refractivity contribution in [2.45, 2.75) is 10.9 Å². The SMILES string of the molecule is O=C(Nc1ccc(Cl)c(Cl)c1)Nc1nc(SCc2ccccc2)ns1. The molecule has 0 aliphatic rings. The molecule has 3 rings (SSSR count). The van der Waals surface area contributed by atoms with Gasteiger partial charge >= 0.3 is 6.03 Å². The number of carbonyl (C=O) groups is 1. The number of halogens is 2. The first-order valence-corrected chi connectivity index (χ1v) is 9.65. The summed E-state index contributed by atoms with van der Waals surface area (Å²) >= 11 is 14.4. The highest BCUT2D eigenvalue weighted by atomic mass is 35.5. The first-order chi connectivity index (χ1) is 12.1. The second-order valence-corrected chi connectivity index (χ2v) is 7.37. The lowest BCUT2D eigenvalue weighted by Crippen LogP contribution is -2.19. The molecule has 0 aliphatic carbocycles. The number of amides is 2. The Balaban J connectivity index is 1.53. The highest BCUT2D eigenvalue weighted by Crippen LogP contribution is 2.26. The highest BCUT2D eigenvalue weighted by Gasteiger charge is 2.09. The maximum absolute atomic E-state index is 12.0. The predicted molar refractivity (Wildman–Crippen MR) is 105 cm³/mol. The number of anilines is 2. The molecule has 0 aliphatic heterocycles. The number of benzene rings is 2. The fourth-order valence-electron chi connectivity index (χ4n) is 1.87. The first-order valence-electron chi connectivity index (χ1n) is 7.13. The zero-order valence-corrected chi connectivity index (χ0v) is 15.8. The van der Waals surface area contributed by atoms with Crippen LogP contribution in [0.2, 0.25) is 10.0 Å². The van der Waals surface area contributed by atoms with Crippen LogP contribution in [-0.4, -0.2) is 15.4 Å². The summed E-state index contributed by atoms with van der Waals surface area (Å²) in [6.07, 6.45) is 0. The highest BCUT2D eigenvalue weighted by molar-refractivity contribution is 7.98. The Morgan fingerprint density at radius 2 is 1.88 bits per heavy atom. The molecule has 1 aromatic heterocycles. The van der Waals surface area contributed by atoms with E-state index in [-0.39, 0.29) is 0 Å². The fourth-order valence-corrected chi connectivity index (χ4v) is 3.67. The van der Waals surface area contributed by atoms with Gasteiger partial charge in [-0.3, -0.25) is 5.32 Å². The number of aromatic nitrogens is 2. The third-order valence-electron chi connectivity index (χ3n) is 3.02. The van der Waals surface area contributed by atoms with Crippen LogP contribution in [0, 0.1) is 0 Å². The van der Waals surface area contributed by atoms with Crippen LogP contribution >= 0.6 is 46.5 Å². The van der Waals surface area contributed by atoms with Gasteiger partial charge in [-0.15, -0.1) is 0 Å². The van der Waals surface area contributed by atoms with E-state index in [0.717, 1.165) is 17.3 Å². The van der Waals surface area contributed by atoms with E-state index in [0.29, 0.717) is 26.0 Å². The van der Waals surface area contributed by atoms with Gasteiger partial charge in [-0.25, -0.2) is 4.79 Å². The molecule has 0 bridgehead atoms. The Labute approximate surface area is 162 Å². The molecule has 25 heavy (non-hydrogen) atoms. The second kappa shape index (κ2) is 8.53. The van der Waals surface area contributed by atoms with Crippen LogP contribution in [0.4, 0.5) is 15.6 Å². The number of carbonyl (C=O) groups excluding carboxylic acids is 1. The van der Waals surface area contributed by atoms with E-state index in [1.807, 2.05) is 30.3 Å². The molecule has 2 amide bonds. The molecule has 0 saturated carbocycles. The van der Waals surface area contributed by atoms with Gasteiger partial charge in [-0.05, 0) is 23.8 Å². The average molecular weight is 411 g/mol. The van der Waals surface area contributed by atoms with Crippen molar-refractivity contribution in [2.24, 2.45) is 0 Å². The van der Waals surface area contributed by atoms with Crippen molar-refractivity contribution in [3.63, 3.8) is 0 Å². The maximum Gasteiger partial charge on any atom is 0.325 e. The van der Waals surface area contributed by atoms with E-state index in [9.17, 15) is 4.79 Å². The molecule has 0 saturated heterocycles. The summed E-state index contributed by atoms with van der Waals surface area (Å²) in [4.78, 5) is 16.3. The van der Waals surface area contributed by atoms with Gasteiger partial charge in [0.1, 0.15) is 0 Å². The quantitative estimate of drug-likeness (QED) is 0.522. The Bertz CT molecular complexity index is 874. The number of nitrogens with one attached hydrogen (secondary N) is 2. The van der Waals surface area contributed by atoms with Gasteiger partial charge in [-0.2, -0.15) is 9.36 Å². The number of rotatable bonds is 5. The predicted octanol–water partition coefficient (Wildman–Crippen LogP) is 5.78. The molecular weight excluding hydrogens is 399 g/mol. The van der Waals surface area contributed by atoms with E-state index < -0.39 is 6.03 Å². The van der Waals surface area contributed by atoms with Gasteiger partial charge in [-0.1, -0.05) is 65.3 Å². The van der Waals surface area contributed by atoms with Gasteiger partial charge in [0, 0.05) is 23.0 Å². The lowest BCUT2D eigenvalue weighted by Gasteiger charge is -2.06. The first kappa shape index (κ1) is 18.0. The number of hydrogen-bond acceptors (Lipinski definition) is 5. The van der Waals surface area contributed by atoms with Gasteiger partial charge in [0.15, 0.2) is 0 Å². The van der Waals surface area contributed by atoms with Crippen LogP contribution in [0.3, 0.4) is 0 Å². The van der Waals surface area contributed by atoms with Crippen molar-refractivity contribution in [3.8, 4) is 0 Å². The molecule has 0 atom stereocenters. The molecule has 0 fully saturated rings. The third kappa shape index (κ3) is 5.34. The van der Waals surface area contributed by atoms with Gasteiger partial charge in [0.2, 0.25) is 10.3 Å². The Kier molecular flexibility index (Phi) is 6.14. The van der Waals surface area contributed by atoms with E-state index in [1.54, 1.807) is 18.2 Å². The van der Waals surface area contributed by atoms with E-state index in [4.69, 9.17) is 23.2 Å². The minimum absolute atomic E-state index is 0.370. The molecule has 0 unspecified atom stereocenters. The lowest BCUT2D eigenvalue weighted by molar-refractivity contribution is 0.262. The summed E-state index contributed by atoms with van der Waals surface area (Å²) in [6.45, 7) is 0. The summed E-state index contributed by atoms with van der Waals surface area (Å²) in [6, 6.07) is 14.5. The molecule has 0 spiro atoms. The number of urea groups is 1. The van der Waals surface area contributed by atoms with Crippen LogP contribution in [-0.2, 0) is 5.75 Å². The summed E-state index contributed by atoms with van der Waals surface area (Å²) in [7, 11) is 0. The van der Waals surface area contributed by atoms with Crippen molar-refractivity contribution < 1.29 is 4.79 Å². The number of thioether (sulfide) groups is 1. The molecular formula is C16H12Cl2N4OS2. The summed E-state index contributed by atoms with van der Waals surface area (Å²) in [5.41, 5.74) is 1.73. The molecule has 2 aromatic carbocycles. The van der Waals surface area contributed by atoms with Gasteiger partial charge in [0.25, 0.3) is 0 Å². The Hall–Kier alpha value is -1.80. The second-order valence-electron chi connectivity index (χ2n) is 4.86. The normalized spacial score (nSPS) is 10.5. The van der Waals surface area contributed by atoms with Crippen LogP contribution in [0.1, 0.15) is 5.56 Å². The molecule has 3 aromatic rings. The van der Waals surface area contributed by atoms with Crippen molar-refractivity contribution >= 4 is 63.3 Å². The smallest absolute Gasteiger partial charge is 0.308 e. The average Bonchev–Trinajstić information content (AvgIpc) is 3.04. The maximum atomic E-state index is 12.0. The number of nitrogens with zero attached hydrogens (tertiary/aromatic N) is 2. The summed E-state index contributed by atoms with van der Waals surface area (Å²) < 4.78 is 4.23. The van der Waals surface area contributed by atoms with E-state index in [2.05, 4.69) is 20.0 Å². The largest absolute Gasteiger partial charge is 0.325 e. The molecule has 0 radical (unpaired) electrons. The Morgan fingerprint density at radius 3 is 2.64 bits per heavy atom. The van der Waals surface area contributed by atoms with Crippen LogP contribution in [0.25, 0.3) is 0 Å². The zero-order valence-electron chi connectivity index (χ0n) is 12.7. The van der Waals surface area contributed by atoms with Crippen LogP contribution < -0.4 is 10.6 Å². The van der Waals surface area contributed by atoms with Crippen molar-refractivity contribution in [2.75, 3.05) is 10.6 Å². The van der Waals surface area contributed by atoms with Crippen molar-refractivity contribution in [3.05, 3.63) is 64.1 Å². The third-order valence-corrected chi connectivity index (χ3v) is 5.42. The minimum Gasteiger partial charge on any atom is -0.308 e. The monoisotopic (exact) mass is 410 g/mol. The van der Waals surface area contributed by atoms with E-state index >= 15 is 0 Å². The summed E-state index contributed by atoms with van der Waals surface area (Å²) in [5.74, 6) is 0.770. The molecule has 9 heteroatoms. The number of hydrogen-bond donors (Lipinski definition) is 2. The minimum atomic E-state index is -0.422. The zero-order chi connectivity index (χ0) is 17.6. The van der Waals surface area contributed by atoms with Crippen LogP contribution in [0.15, 0.2) is 53.7 Å². The Morgan fingerprint density at radius 1 is 1.08 bits per heavy atom. The van der Waals surface area contributed by atoms with E-state index in [1.165, 1.54) is 17.3 Å². The van der Waals surface area contributed by atoms with Crippen LogP contribution in [0.5, 0.6) is 0 Å². The lowest BCUT2D eigenvalue weighted by atomic mass is 10.2.